The van der Waals surface area contributed by atoms with Crippen LogP contribution in [-0.4, -0.2) is 27.6 Å². The van der Waals surface area contributed by atoms with E-state index in [1.165, 1.54) is 29.3 Å². The van der Waals surface area contributed by atoms with E-state index in [9.17, 15) is 19.7 Å². The number of rotatable bonds is 5. The number of hydrogen-bond acceptors (Lipinski definition) is 5. The van der Waals surface area contributed by atoms with E-state index in [2.05, 4.69) is 5.10 Å². The molecule has 8 nitrogen and oxygen atoms in total. The Morgan fingerprint density at radius 1 is 1.00 bits per heavy atom. The minimum Gasteiger partial charge on any atom is -0.478 e. The van der Waals surface area contributed by atoms with Crippen molar-refractivity contribution in [1.82, 2.24) is 0 Å². The second-order valence-electron chi connectivity index (χ2n) is 8.01. The number of nitrogens with zero attached hydrogens (tertiary/aromatic N) is 3. The Morgan fingerprint density at radius 2 is 1.65 bits per heavy atom. The molecular formula is C26H21N3O5. The van der Waals surface area contributed by atoms with E-state index in [1.807, 2.05) is 13.8 Å². The number of carbonyl (C=O) groups is 2. The van der Waals surface area contributed by atoms with Gasteiger partial charge in [0.1, 0.15) is 0 Å². The maximum atomic E-state index is 13.2. The third-order valence-electron chi connectivity index (χ3n) is 5.78. The van der Waals surface area contributed by atoms with E-state index < -0.39 is 10.9 Å². The Bertz CT molecular complexity index is 1400. The summed E-state index contributed by atoms with van der Waals surface area (Å²) in [6.07, 6.45) is 1.68. The molecule has 1 aliphatic heterocycles. The summed E-state index contributed by atoms with van der Waals surface area (Å²) in [5, 5.41) is 26.4. The van der Waals surface area contributed by atoms with Crippen molar-refractivity contribution < 1.29 is 19.6 Å². The van der Waals surface area contributed by atoms with Crippen molar-refractivity contribution in [1.29, 1.82) is 0 Å². The average Bonchev–Trinajstić information content (AvgIpc) is 3.09. The van der Waals surface area contributed by atoms with Crippen LogP contribution in [0.25, 0.3) is 17.2 Å². The van der Waals surface area contributed by atoms with Crippen molar-refractivity contribution in [3.05, 3.63) is 98.6 Å². The summed E-state index contributed by atoms with van der Waals surface area (Å²) in [6, 6.07) is 16.4. The van der Waals surface area contributed by atoms with Crippen molar-refractivity contribution in [3.8, 4) is 11.1 Å². The highest BCUT2D eigenvalue weighted by Crippen LogP contribution is 2.36. The maximum Gasteiger partial charge on any atom is 0.335 e. The van der Waals surface area contributed by atoms with Crippen LogP contribution in [0.4, 0.5) is 11.4 Å². The van der Waals surface area contributed by atoms with Gasteiger partial charge in [-0.05, 0) is 79.4 Å². The summed E-state index contributed by atoms with van der Waals surface area (Å²) in [6.45, 7) is 5.43. The SMILES string of the molecule is CC1=NN(c2ccc(C(=O)O)cc2)C(=O)/C1=C/c1ccccc1-c1cc(C)c(C)cc1[N+](=O)[O-]. The number of amides is 1. The first-order chi connectivity index (χ1) is 16.2. The largest absolute Gasteiger partial charge is 0.478 e. The second-order valence-corrected chi connectivity index (χ2v) is 8.01. The van der Waals surface area contributed by atoms with E-state index in [-0.39, 0.29) is 17.2 Å². The molecule has 0 spiro atoms. The third kappa shape index (κ3) is 4.09. The maximum absolute atomic E-state index is 13.2. The Kier molecular flexibility index (Phi) is 5.81. The highest BCUT2D eigenvalue weighted by atomic mass is 16.6. The molecule has 3 aromatic carbocycles. The third-order valence-corrected chi connectivity index (χ3v) is 5.78. The molecule has 170 valence electrons. The Labute approximate surface area is 195 Å². The van der Waals surface area contributed by atoms with Crippen LogP contribution < -0.4 is 5.01 Å². The van der Waals surface area contributed by atoms with Crippen molar-refractivity contribution in [2.75, 3.05) is 5.01 Å². The van der Waals surface area contributed by atoms with Gasteiger partial charge in [0.25, 0.3) is 11.6 Å². The van der Waals surface area contributed by atoms with E-state index >= 15 is 0 Å². The minimum atomic E-state index is -1.06. The number of carbonyl (C=O) groups excluding carboxylic acids is 1. The van der Waals surface area contributed by atoms with Crippen LogP contribution in [0.1, 0.15) is 34.0 Å². The number of hydrazone groups is 1. The predicted octanol–water partition coefficient (Wildman–Crippen LogP) is 5.38. The summed E-state index contributed by atoms with van der Waals surface area (Å²) in [7, 11) is 0. The van der Waals surface area contributed by atoms with E-state index in [1.54, 1.807) is 49.4 Å². The zero-order valence-electron chi connectivity index (χ0n) is 18.8. The van der Waals surface area contributed by atoms with Gasteiger partial charge < -0.3 is 5.11 Å². The molecule has 1 amide bonds. The first kappa shape index (κ1) is 22.6. The summed E-state index contributed by atoms with van der Waals surface area (Å²) in [5.41, 5.74) is 4.88. The molecule has 1 N–H and O–H groups in total. The molecule has 0 bridgehead atoms. The van der Waals surface area contributed by atoms with E-state index in [0.29, 0.717) is 33.7 Å². The van der Waals surface area contributed by atoms with Crippen LogP contribution >= 0.6 is 0 Å². The summed E-state index contributed by atoms with van der Waals surface area (Å²) < 4.78 is 0. The number of carboxylic acids is 1. The first-order valence-corrected chi connectivity index (χ1v) is 10.5. The van der Waals surface area contributed by atoms with Crippen molar-refractivity contribution in [2.24, 2.45) is 5.10 Å². The zero-order valence-corrected chi connectivity index (χ0v) is 18.8. The number of benzene rings is 3. The minimum absolute atomic E-state index is 0.00256. The summed E-state index contributed by atoms with van der Waals surface area (Å²) >= 11 is 0. The van der Waals surface area contributed by atoms with E-state index in [4.69, 9.17) is 5.11 Å². The lowest BCUT2D eigenvalue weighted by Crippen LogP contribution is -2.21. The van der Waals surface area contributed by atoms with Crippen LogP contribution in [0.5, 0.6) is 0 Å². The molecule has 1 heterocycles. The number of aromatic carboxylic acids is 1. The first-order valence-electron chi connectivity index (χ1n) is 10.5. The second kappa shape index (κ2) is 8.74. The van der Waals surface area contributed by atoms with Gasteiger partial charge in [-0.1, -0.05) is 24.3 Å². The normalized spacial score (nSPS) is 14.4. The number of nitro groups is 1. The van der Waals surface area contributed by atoms with Gasteiger partial charge in [0, 0.05) is 6.07 Å². The van der Waals surface area contributed by atoms with Gasteiger partial charge in [0.2, 0.25) is 0 Å². The molecule has 0 saturated heterocycles. The van der Waals surface area contributed by atoms with Gasteiger partial charge in [-0.15, -0.1) is 0 Å². The van der Waals surface area contributed by atoms with Gasteiger partial charge in [-0.3, -0.25) is 14.9 Å². The van der Waals surface area contributed by atoms with Gasteiger partial charge >= 0.3 is 5.97 Å². The number of hydrogen-bond donors (Lipinski definition) is 1. The molecule has 8 heteroatoms. The monoisotopic (exact) mass is 455 g/mol. The quantitative estimate of drug-likeness (QED) is 0.315. The molecule has 0 aliphatic carbocycles. The molecular weight excluding hydrogens is 434 g/mol. The highest BCUT2D eigenvalue weighted by Gasteiger charge is 2.29. The van der Waals surface area contributed by atoms with Crippen molar-refractivity contribution in [2.45, 2.75) is 20.8 Å². The predicted molar refractivity (Wildman–Crippen MR) is 130 cm³/mol. The van der Waals surface area contributed by atoms with Crippen molar-refractivity contribution >= 4 is 35.0 Å². The average molecular weight is 455 g/mol. The molecule has 34 heavy (non-hydrogen) atoms. The fourth-order valence-electron chi connectivity index (χ4n) is 3.80. The van der Waals surface area contributed by atoms with Gasteiger partial charge in [0.05, 0.1) is 33.0 Å². The molecule has 3 aromatic rings. The van der Waals surface area contributed by atoms with E-state index in [0.717, 1.165) is 11.1 Å². The Hall–Kier alpha value is -4.59. The lowest BCUT2D eigenvalue weighted by atomic mass is 9.93. The fourth-order valence-corrected chi connectivity index (χ4v) is 3.80. The Morgan fingerprint density at radius 3 is 2.29 bits per heavy atom. The zero-order chi connectivity index (χ0) is 24.6. The molecule has 0 unspecified atom stereocenters. The highest BCUT2D eigenvalue weighted by molar-refractivity contribution is 6.32. The molecule has 0 atom stereocenters. The lowest BCUT2D eigenvalue weighted by Gasteiger charge is -2.12. The number of carboxylic acid groups (broad SMARTS) is 1. The topological polar surface area (TPSA) is 113 Å². The smallest absolute Gasteiger partial charge is 0.335 e. The van der Waals surface area contributed by atoms with Gasteiger partial charge in [-0.25, -0.2) is 4.79 Å². The van der Waals surface area contributed by atoms with Crippen LogP contribution in [0.3, 0.4) is 0 Å². The number of nitro benzene ring substituents is 1. The number of aryl methyl sites for hydroxylation is 2. The standard InChI is InChI=1S/C26H21N3O5/c1-15-12-23(24(29(33)34)13-16(15)2)21-7-5-4-6-19(21)14-22-17(3)27-28(25(22)30)20-10-8-18(9-11-20)26(31)32/h4-14H,1-3H3,(H,31,32)/b22-14+. The summed E-state index contributed by atoms with van der Waals surface area (Å²) in [4.78, 5) is 35.6. The lowest BCUT2D eigenvalue weighted by molar-refractivity contribution is -0.384. The van der Waals surface area contributed by atoms with Crippen LogP contribution in [0.2, 0.25) is 0 Å². The van der Waals surface area contributed by atoms with Crippen LogP contribution in [0, 0.1) is 24.0 Å². The molecule has 0 radical (unpaired) electrons. The Balaban J connectivity index is 1.77. The molecule has 0 aromatic heterocycles. The van der Waals surface area contributed by atoms with Crippen LogP contribution in [0.15, 0.2) is 71.3 Å². The fraction of sp³-hybridized carbons (Fsp3) is 0.115. The molecule has 4 rings (SSSR count). The van der Waals surface area contributed by atoms with Gasteiger partial charge in [-0.2, -0.15) is 10.1 Å². The molecule has 1 aliphatic rings. The number of anilines is 1. The van der Waals surface area contributed by atoms with Crippen molar-refractivity contribution in [3.63, 3.8) is 0 Å². The molecule has 0 saturated carbocycles. The summed E-state index contributed by atoms with van der Waals surface area (Å²) in [5.74, 6) is -1.43. The molecule has 0 fully saturated rings. The van der Waals surface area contributed by atoms with Gasteiger partial charge in [0.15, 0.2) is 0 Å². The van der Waals surface area contributed by atoms with Crippen LogP contribution in [-0.2, 0) is 4.79 Å².